The van der Waals surface area contributed by atoms with E-state index in [1.807, 2.05) is 20.8 Å². The summed E-state index contributed by atoms with van der Waals surface area (Å²) in [5.74, 6) is -0.258. The molecule has 0 aliphatic heterocycles. The quantitative estimate of drug-likeness (QED) is 0.879. The maximum atomic E-state index is 12.7. The molecular weight excluding hydrogens is 360 g/mol. The van der Waals surface area contributed by atoms with Crippen LogP contribution in [0.2, 0.25) is 5.02 Å². The second-order valence-corrected chi connectivity index (χ2v) is 9.09. The molecule has 0 radical (unpaired) electrons. The van der Waals surface area contributed by atoms with Crippen LogP contribution >= 0.6 is 11.6 Å². The standard InChI is InChI=1S/C18H21ClN2O3S/c1-18(2,3)20-17(22)13-6-5-7-15(12-13)21(4)25(23,24)16-10-8-14(19)9-11-16/h5-12H,1-4H3,(H,20,22). The van der Waals surface area contributed by atoms with Gasteiger partial charge in [-0.1, -0.05) is 17.7 Å². The van der Waals surface area contributed by atoms with E-state index in [4.69, 9.17) is 11.6 Å². The summed E-state index contributed by atoms with van der Waals surface area (Å²) >= 11 is 5.81. The van der Waals surface area contributed by atoms with Crippen molar-refractivity contribution < 1.29 is 13.2 Å². The maximum Gasteiger partial charge on any atom is 0.264 e. The number of nitrogens with zero attached hydrogens (tertiary/aromatic N) is 1. The zero-order valence-electron chi connectivity index (χ0n) is 14.6. The molecule has 2 rings (SSSR count). The highest BCUT2D eigenvalue weighted by molar-refractivity contribution is 7.92. The fourth-order valence-corrected chi connectivity index (χ4v) is 3.47. The maximum absolute atomic E-state index is 12.7. The zero-order chi connectivity index (χ0) is 18.8. The van der Waals surface area contributed by atoms with Crippen LogP contribution in [0.15, 0.2) is 53.4 Å². The van der Waals surface area contributed by atoms with E-state index in [0.29, 0.717) is 16.3 Å². The monoisotopic (exact) mass is 380 g/mol. The van der Waals surface area contributed by atoms with Crippen LogP contribution < -0.4 is 9.62 Å². The molecule has 0 aliphatic rings. The summed E-state index contributed by atoms with van der Waals surface area (Å²) in [7, 11) is -2.29. The number of nitrogens with one attached hydrogen (secondary N) is 1. The number of halogens is 1. The summed E-state index contributed by atoms with van der Waals surface area (Å²) < 4.78 is 26.6. The van der Waals surface area contributed by atoms with Crippen molar-refractivity contribution in [1.82, 2.24) is 5.32 Å². The van der Waals surface area contributed by atoms with Crippen LogP contribution in [0, 0.1) is 0 Å². The smallest absolute Gasteiger partial charge is 0.264 e. The molecule has 2 aromatic rings. The van der Waals surface area contributed by atoms with Gasteiger partial charge >= 0.3 is 0 Å². The second kappa shape index (κ2) is 7.06. The number of benzene rings is 2. The van der Waals surface area contributed by atoms with Crippen molar-refractivity contribution in [2.24, 2.45) is 0 Å². The highest BCUT2D eigenvalue weighted by Gasteiger charge is 2.22. The minimum atomic E-state index is -3.74. The van der Waals surface area contributed by atoms with Gasteiger partial charge in [-0.3, -0.25) is 9.10 Å². The molecule has 0 bridgehead atoms. The van der Waals surface area contributed by atoms with E-state index in [0.717, 1.165) is 4.31 Å². The molecule has 0 spiro atoms. The van der Waals surface area contributed by atoms with Gasteiger partial charge in [0.25, 0.3) is 15.9 Å². The van der Waals surface area contributed by atoms with Crippen molar-refractivity contribution >= 4 is 33.2 Å². The molecule has 5 nitrogen and oxygen atoms in total. The summed E-state index contributed by atoms with van der Waals surface area (Å²) in [5.41, 5.74) is 0.413. The number of carbonyl (C=O) groups excluding carboxylic acids is 1. The van der Waals surface area contributed by atoms with Crippen LogP contribution in [0.25, 0.3) is 0 Å². The van der Waals surface area contributed by atoms with Gasteiger partial charge in [-0.15, -0.1) is 0 Å². The first kappa shape index (κ1) is 19.3. The minimum absolute atomic E-state index is 0.129. The third-order valence-corrected chi connectivity index (χ3v) is 5.48. The molecule has 7 heteroatoms. The molecule has 2 aromatic carbocycles. The van der Waals surface area contributed by atoms with Gasteiger partial charge in [0.05, 0.1) is 10.6 Å². The molecule has 0 aliphatic carbocycles. The Morgan fingerprint density at radius 2 is 1.68 bits per heavy atom. The predicted molar refractivity (Wildman–Crippen MR) is 101 cm³/mol. The molecule has 134 valence electrons. The number of hydrogen-bond acceptors (Lipinski definition) is 3. The van der Waals surface area contributed by atoms with Crippen molar-refractivity contribution in [3.63, 3.8) is 0 Å². The van der Waals surface area contributed by atoms with Crippen molar-refractivity contribution in [1.29, 1.82) is 0 Å². The molecule has 0 fully saturated rings. The van der Waals surface area contributed by atoms with Crippen molar-refractivity contribution in [2.75, 3.05) is 11.4 Å². The first-order valence-electron chi connectivity index (χ1n) is 7.68. The summed E-state index contributed by atoms with van der Waals surface area (Å²) in [6.07, 6.45) is 0. The Morgan fingerprint density at radius 1 is 1.08 bits per heavy atom. The normalized spacial score (nSPS) is 11.9. The first-order chi connectivity index (χ1) is 11.5. The van der Waals surface area contributed by atoms with Crippen LogP contribution in [-0.4, -0.2) is 26.9 Å². The molecule has 0 heterocycles. The van der Waals surface area contributed by atoms with Gasteiger partial charge in [-0.05, 0) is 63.2 Å². The Bertz CT molecular complexity index is 872. The van der Waals surface area contributed by atoms with Crippen LogP contribution in [0.1, 0.15) is 31.1 Å². The van der Waals surface area contributed by atoms with Crippen molar-refractivity contribution in [3.8, 4) is 0 Å². The van der Waals surface area contributed by atoms with Gasteiger partial charge in [0.15, 0.2) is 0 Å². The Kier molecular flexibility index (Phi) is 5.44. The molecule has 0 saturated heterocycles. The minimum Gasteiger partial charge on any atom is -0.347 e. The average Bonchev–Trinajstić information content (AvgIpc) is 2.53. The molecule has 1 N–H and O–H groups in total. The van der Waals surface area contributed by atoms with Crippen molar-refractivity contribution in [3.05, 3.63) is 59.1 Å². The van der Waals surface area contributed by atoms with Gasteiger partial charge < -0.3 is 5.32 Å². The molecule has 0 aromatic heterocycles. The molecule has 0 atom stereocenters. The SMILES string of the molecule is CN(c1cccc(C(=O)NC(C)(C)C)c1)S(=O)(=O)c1ccc(Cl)cc1. The van der Waals surface area contributed by atoms with E-state index in [1.165, 1.54) is 31.3 Å². The molecular formula is C18H21ClN2O3S. The number of rotatable bonds is 4. The van der Waals surface area contributed by atoms with Crippen LogP contribution in [-0.2, 0) is 10.0 Å². The number of amides is 1. The fourth-order valence-electron chi connectivity index (χ4n) is 2.16. The Balaban J connectivity index is 2.33. The third kappa shape index (κ3) is 4.74. The highest BCUT2D eigenvalue weighted by Crippen LogP contribution is 2.24. The summed E-state index contributed by atoms with van der Waals surface area (Å²) in [6, 6.07) is 12.4. The largest absolute Gasteiger partial charge is 0.347 e. The van der Waals surface area contributed by atoms with E-state index >= 15 is 0 Å². The van der Waals surface area contributed by atoms with Gasteiger partial charge in [0.2, 0.25) is 0 Å². The van der Waals surface area contributed by atoms with Gasteiger partial charge in [-0.25, -0.2) is 8.42 Å². The summed E-state index contributed by atoms with van der Waals surface area (Å²) in [4.78, 5) is 12.4. The molecule has 25 heavy (non-hydrogen) atoms. The van der Waals surface area contributed by atoms with E-state index in [2.05, 4.69) is 5.32 Å². The number of sulfonamides is 1. The second-order valence-electron chi connectivity index (χ2n) is 6.68. The van der Waals surface area contributed by atoms with Gasteiger partial charge in [-0.2, -0.15) is 0 Å². The first-order valence-corrected chi connectivity index (χ1v) is 9.49. The topological polar surface area (TPSA) is 66.5 Å². The molecule has 1 amide bonds. The van der Waals surface area contributed by atoms with E-state index in [-0.39, 0.29) is 16.3 Å². The lowest BCUT2D eigenvalue weighted by molar-refractivity contribution is 0.0919. The lowest BCUT2D eigenvalue weighted by Gasteiger charge is -2.22. The Labute approximate surface area is 153 Å². The van der Waals surface area contributed by atoms with E-state index in [1.54, 1.807) is 24.3 Å². The number of hydrogen-bond donors (Lipinski definition) is 1. The third-order valence-electron chi connectivity index (χ3n) is 3.43. The average molecular weight is 381 g/mol. The fraction of sp³-hybridized carbons (Fsp3) is 0.278. The van der Waals surface area contributed by atoms with Crippen LogP contribution in [0.3, 0.4) is 0 Å². The zero-order valence-corrected chi connectivity index (χ0v) is 16.1. The lowest BCUT2D eigenvalue weighted by atomic mass is 10.1. The Hall–Kier alpha value is -2.05. The Morgan fingerprint density at radius 3 is 2.24 bits per heavy atom. The number of carbonyl (C=O) groups is 1. The highest BCUT2D eigenvalue weighted by atomic mass is 35.5. The van der Waals surface area contributed by atoms with E-state index in [9.17, 15) is 13.2 Å². The van der Waals surface area contributed by atoms with Crippen LogP contribution in [0.5, 0.6) is 0 Å². The van der Waals surface area contributed by atoms with Gasteiger partial charge in [0, 0.05) is 23.2 Å². The summed E-state index contributed by atoms with van der Waals surface area (Å²) in [6.45, 7) is 5.64. The molecule has 0 unspecified atom stereocenters. The van der Waals surface area contributed by atoms with Crippen LogP contribution in [0.4, 0.5) is 5.69 Å². The van der Waals surface area contributed by atoms with E-state index < -0.39 is 10.0 Å². The molecule has 0 saturated carbocycles. The lowest BCUT2D eigenvalue weighted by Crippen LogP contribution is -2.40. The van der Waals surface area contributed by atoms with Crippen molar-refractivity contribution in [2.45, 2.75) is 31.2 Å². The summed E-state index contributed by atoms with van der Waals surface area (Å²) in [5, 5.41) is 3.32. The number of anilines is 1. The predicted octanol–water partition coefficient (Wildman–Crippen LogP) is 3.69. The van der Waals surface area contributed by atoms with Gasteiger partial charge in [0.1, 0.15) is 0 Å².